The highest BCUT2D eigenvalue weighted by molar-refractivity contribution is 6.44. The Kier molecular flexibility index (Phi) is 50.3. The fourth-order valence-electron chi connectivity index (χ4n) is 19.3. The minimum absolute atomic E-state index is 0.00869. The Morgan fingerprint density at radius 1 is 0.628 bits per heavy atom. The number of carbonyl (C=O) groups excluding carboxylic acids is 11. The van der Waals surface area contributed by atoms with Crippen LogP contribution in [0.2, 0.25) is 0 Å². The first kappa shape index (κ1) is 118. The lowest BCUT2D eigenvalue weighted by Gasteiger charge is -2.63. The van der Waals surface area contributed by atoms with Crippen molar-refractivity contribution in [3.05, 3.63) is 77.9 Å². The standard InChI is InChI=1S/C103H156F2N14O26/c1-9-21-92-144-87-64-77-78-63-80(104)79-62-74(120)36-39-100(79,4)102(78,105)85(121)65-101(77,5)103(87,145-92)86(122)67-140-76-34-32-73(33-35-76)114-99(131)143-66-71-28-30-72(31-29-71)113-95(127)83(26-20-41-112-98(106)130)116-97(129)93(70(2)3)117-96(128)82(115-89(124)38-47-133-51-55-137-59-61-139-57-53-135-49-44-111-90(125)68-141-75-22-14-11-10-12-15-23-75)25-18-19-40-109-91(126)69-142-84-27-17-13-16-24-81(94(84)118-107)108-43-48-134-52-56-138-60-58-136-54-50-132-46-37-88(123)110-42-45-119(6,7)8/h28-36,39,62,70,75,77-78,80,82-85,87,92-93,121H,9-14,16-22,24-27,37-38,40-61,63-69H2,1-8H3,(H12-,106,107,108,109,110,111,112,113,114,115,116,117,123,124,125,126,127,128,129,130,131)/p+1/t75?,77-,78-,80-,82+,83-,84?,85-,87+,92?,93-,100-,101-,102-,103+/m0/s1. The van der Waals surface area contributed by atoms with Gasteiger partial charge in [0, 0.05) is 67.0 Å². The lowest BCUT2D eigenvalue weighted by Crippen LogP contribution is -2.71. The molecule has 1 saturated heterocycles. The van der Waals surface area contributed by atoms with Gasteiger partial charge < -0.3 is 130 Å². The number of allylic oxidation sites excluding steroid dienone is 4. The fourth-order valence-corrected chi connectivity index (χ4v) is 19.3. The van der Waals surface area contributed by atoms with Crippen molar-refractivity contribution in [3.63, 3.8) is 0 Å². The van der Waals surface area contributed by atoms with E-state index in [0.717, 1.165) is 68.5 Å². The third kappa shape index (κ3) is 37.6. The number of fused-ring (bicyclic) bond motifs is 7. The number of carbonyl (C=O) groups is 11. The molecule has 5 fully saturated rings. The maximum Gasteiger partial charge on any atom is 0.411 e. The number of aliphatic hydroxyl groups excluding tert-OH is 1. The van der Waals surface area contributed by atoms with Crippen molar-refractivity contribution >= 4 is 87.8 Å². The van der Waals surface area contributed by atoms with E-state index in [9.17, 15) is 57.8 Å². The lowest BCUT2D eigenvalue weighted by atomic mass is 9.44. The average Bonchev–Trinajstić information content (AvgIpc) is 1.49. The van der Waals surface area contributed by atoms with Crippen molar-refractivity contribution in [1.29, 1.82) is 0 Å². The quantitative estimate of drug-likeness (QED) is 0.0108. The Labute approximate surface area is 849 Å². The minimum Gasteiger partial charge on any atom is -0.486 e. The highest BCUT2D eigenvalue weighted by Crippen LogP contribution is 2.72. The molecule has 0 radical (unpaired) electrons. The zero-order chi connectivity index (χ0) is 105. The summed E-state index contributed by atoms with van der Waals surface area (Å²) >= 11 is 0. The number of primary amides is 1. The number of alkyl halides is 2. The molecule has 10 amide bonds. The van der Waals surface area contributed by atoms with Gasteiger partial charge in [0.05, 0.1) is 164 Å². The number of likely N-dealkylation sites (N-methyl/N-ethyl adjacent to an activating group) is 1. The van der Waals surface area contributed by atoms with Crippen LogP contribution in [0.15, 0.2) is 82.4 Å². The number of unbranched alkanes of at least 4 members (excludes halogenated alkanes) is 1. The predicted octanol–water partition coefficient (Wildman–Crippen LogP) is 6.69. The number of hydrogen-bond acceptors (Lipinski definition) is 29. The second-order valence-corrected chi connectivity index (χ2v) is 39.2. The number of amides is 10. The van der Waals surface area contributed by atoms with Crippen LogP contribution < -0.4 is 64.2 Å². The number of quaternary nitrogens is 1. The molecule has 1 heterocycles. The number of benzene rings is 2. The molecular formula is C103H157F2N14O26+. The van der Waals surface area contributed by atoms with Gasteiger partial charge in [-0.1, -0.05) is 77.5 Å². The number of nitrogens with zero attached hydrogens (tertiary/aromatic N) is 3. The molecule has 9 rings (SSSR count). The van der Waals surface area contributed by atoms with E-state index in [1.54, 1.807) is 45.0 Å². The molecule has 145 heavy (non-hydrogen) atoms. The minimum atomic E-state index is -2.38. The van der Waals surface area contributed by atoms with Crippen LogP contribution >= 0.6 is 0 Å². The summed E-state index contributed by atoms with van der Waals surface area (Å²) in [6.45, 7) is 14.3. The summed E-state index contributed by atoms with van der Waals surface area (Å²) in [5, 5.41) is 41.0. The Hall–Kier alpha value is -10.1. The number of hydrogen-bond donors (Lipinski definition) is 12. The van der Waals surface area contributed by atoms with Crippen molar-refractivity contribution in [1.82, 2.24) is 37.2 Å². The molecule has 6 aliphatic carbocycles. The summed E-state index contributed by atoms with van der Waals surface area (Å²) in [7, 11) is 6.20. The first-order valence-electron chi connectivity index (χ1n) is 51.3. The first-order chi connectivity index (χ1) is 69.7. The van der Waals surface area contributed by atoms with E-state index in [0.29, 0.717) is 154 Å². The van der Waals surface area contributed by atoms with Gasteiger partial charge in [0.25, 0.3) is 0 Å². The van der Waals surface area contributed by atoms with Gasteiger partial charge in [-0.3, -0.25) is 53.5 Å². The molecule has 1 aliphatic heterocycles. The van der Waals surface area contributed by atoms with Crippen LogP contribution in [0.3, 0.4) is 0 Å². The molecular weight excluding hydrogens is 1890 g/mol. The normalized spacial score (nSPS) is 24.4. The SMILES string of the molecule is CCCC1O[C@@H]2C[C@H]3[C@@H]4C[C@H](F)C5=CC(=O)C=C[C@]5(C)[C@@]4(F)[C@@H](O)C[C@]3(C)[C@]2(C(=O)COc2ccc(NC(=O)OCc3ccc(NC(=O)[C@H](CCCNC(N)=O)NC(=O)[C@@H](NC(=O)[C@@H](CCCCNC(=O)COC4CCCCCC(=NCCOCCOCCOCCOCCC(=O)NCC[N+](C)(C)C)C4=NN)NC(=O)CCOCCOCCOCCOCCNC(=O)COC4C#CCCCCC4)C(C)C)cc3)cc2)O1. The van der Waals surface area contributed by atoms with E-state index in [1.807, 2.05) is 6.92 Å². The van der Waals surface area contributed by atoms with E-state index >= 15 is 8.78 Å². The Morgan fingerprint density at radius 2 is 1.22 bits per heavy atom. The smallest absolute Gasteiger partial charge is 0.411 e. The van der Waals surface area contributed by atoms with E-state index in [2.05, 4.69) is 85.9 Å². The molecule has 2 aromatic rings. The van der Waals surface area contributed by atoms with E-state index in [1.165, 1.54) is 43.3 Å². The number of Topliss-reactive ketones (excluding diaryl/α,β-unsaturated/α-hetero) is 1. The third-order valence-corrected chi connectivity index (χ3v) is 27.0. The Balaban J connectivity index is 0.721. The molecule has 2 aromatic carbocycles. The average molecular weight is 2050 g/mol. The third-order valence-electron chi connectivity index (χ3n) is 27.0. The summed E-state index contributed by atoms with van der Waals surface area (Å²) in [6, 6.07) is 7.92. The fraction of sp³-hybridized carbons (Fsp3) is 0.699. The number of anilines is 2. The molecule has 3 unspecified atom stereocenters. The van der Waals surface area contributed by atoms with Gasteiger partial charge >= 0.3 is 12.1 Å². The van der Waals surface area contributed by atoms with Crippen molar-refractivity contribution in [2.75, 3.05) is 197 Å². The molecule has 0 aromatic heterocycles. The second-order valence-electron chi connectivity index (χ2n) is 39.2. The summed E-state index contributed by atoms with van der Waals surface area (Å²) in [5.41, 5.74) is 0.684. The summed E-state index contributed by atoms with van der Waals surface area (Å²) in [5.74, 6) is 5.80. The molecule has 14 N–H and O–H groups in total. The summed E-state index contributed by atoms with van der Waals surface area (Å²) < 4.78 is 117. The van der Waals surface area contributed by atoms with Crippen molar-refractivity contribution in [2.24, 2.45) is 50.3 Å². The second kappa shape index (κ2) is 61.6. The number of nitrogens with two attached hydrogens (primary N) is 2. The van der Waals surface area contributed by atoms with Crippen LogP contribution in [-0.4, -0.2) is 338 Å². The van der Waals surface area contributed by atoms with Gasteiger partial charge in [-0.05, 0) is 175 Å². The maximum atomic E-state index is 18.1. The topological polar surface area (TPSA) is 522 Å². The Morgan fingerprint density at radius 3 is 1.88 bits per heavy atom. The first-order valence-corrected chi connectivity index (χ1v) is 51.3. The lowest BCUT2D eigenvalue weighted by molar-refractivity contribution is -0.869. The van der Waals surface area contributed by atoms with Crippen LogP contribution in [0.25, 0.3) is 0 Å². The van der Waals surface area contributed by atoms with Crippen LogP contribution in [0.1, 0.15) is 181 Å². The van der Waals surface area contributed by atoms with Crippen LogP contribution in [0.4, 0.5) is 29.7 Å². The van der Waals surface area contributed by atoms with Crippen LogP contribution in [0, 0.1) is 40.4 Å². The molecule has 4 saturated carbocycles. The number of nitrogens with one attached hydrogen (secondary N) is 9. The van der Waals surface area contributed by atoms with Crippen LogP contribution in [-0.2, 0) is 111 Å². The van der Waals surface area contributed by atoms with E-state index in [4.69, 9.17) is 82.9 Å². The number of urea groups is 1. The summed E-state index contributed by atoms with van der Waals surface area (Å²) in [6.07, 6.45) is 7.41. The van der Waals surface area contributed by atoms with Gasteiger partial charge in [-0.25, -0.2) is 18.4 Å². The number of ether oxygens (including phenoxy) is 14. The number of ketones is 2. The van der Waals surface area contributed by atoms with E-state index in [-0.39, 0.29) is 152 Å². The molecule has 7 aliphatic rings. The number of aliphatic hydroxyl groups is 1. The monoisotopic (exact) mass is 2040 g/mol. The molecule has 40 nitrogen and oxygen atoms in total. The maximum absolute atomic E-state index is 18.1. The zero-order valence-corrected chi connectivity index (χ0v) is 85.6. The molecule has 15 atom stereocenters. The highest BCUT2D eigenvalue weighted by atomic mass is 19.1. The number of aliphatic imine (C=N–C) groups is 1. The summed E-state index contributed by atoms with van der Waals surface area (Å²) in [4.78, 5) is 152. The van der Waals surface area contributed by atoms with Gasteiger partial charge in [-0.2, -0.15) is 5.10 Å². The zero-order valence-electron chi connectivity index (χ0n) is 85.6. The van der Waals surface area contributed by atoms with Crippen LogP contribution in [0.5, 0.6) is 5.75 Å². The predicted molar refractivity (Wildman–Crippen MR) is 534 cm³/mol. The Bertz CT molecular complexity index is 4650. The van der Waals surface area contributed by atoms with Gasteiger partial charge in [0.1, 0.15) is 74.4 Å². The van der Waals surface area contributed by atoms with Gasteiger partial charge in [0.2, 0.25) is 47.1 Å². The van der Waals surface area contributed by atoms with Crippen molar-refractivity contribution in [3.8, 4) is 17.6 Å². The van der Waals surface area contributed by atoms with Gasteiger partial charge in [-0.15, -0.1) is 5.92 Å². The largest absolute Gasteiger partial charge is 0.486 e. The van der Waals surface area contributed by atoms with Crippen molar-refractivity contribution in [2.45, 2.75) is 249 Å². The highest BCUT2D eigenvalue weighted by Gasteiger charge is 2.80. The molecule has 808 valence electrons. The van der Waals surface area contributed by atoms with Crippen molar-refractivity contribution < 1.29 is 137 Å². The molecule has 42 heteroatoms. The molecule has 0 spiro atoms. The molecule has 0 bridgehead atoms. The van der Waals surface area contributed by atoms with E-state index < -0.39 is 149 Å². The van der Waals surface area contributed by atoms with Gasteiger partial charge in [0.15, 0.2) is 23.3 Å². The number of hydrazone groups is 1. The number of rotatable bonds is 65. The number of halogens is 2.